The number of fused-ring (bicyclic) bond motifs is 1. The summed E-state index contributed by atoms with van der Waals surface area (Å²) in [6.07, 6.45) is 3.12. The lowest BCUT2D eigenvalue weighted by atomic mass is 10.0. The van der Waals surface area contributed by atoms with Gasteiger partial charge in [-0.25, -0.2) is 12.8 Å². The second-order valence-electron chi connectivity index (χ2n) is 8.64. The molecule has 0 spiro atoms. The van der Waals surface area contributed by atoms with Gasteiger partial charge in [0.05, 0.1) is 13.2 Å². The van der Waals surface area contributed by atoms with Crippen LogP contribution in [0.2, 0.25) is 0 Å². The summed E-state index contributed by atoms with van der Waals surface area (Å²) >= 11 is 0. The van der Waals surface area contributed by atoms with Crippen LogP contribution in [0.5, 0.6) is 5.75 Å². The molecule has 3 rings (SSSR count). The average molecular weight is 491 g/mol. The van der Waals surface area contributed by atoms with Gasteiger partial charge in [0.1, 0.15) is 22.6 Å². The minimum absolute atomic E-state index is 0.0112. The quantitative estimate of drug-likeness (QED) is 0.671. The molecule has 0 bridgehead atoms. The number of likely N-dealkylation sites (N-methyl/N-ethyl adjacent to an activating group) is 1. The molecule has 1 heterocycles. The van der Waals surface area contributed by atoms with Crippen molar-refractivity contribution in [2.75, 3.05) is 26.7 Å². The monoisotopic (exact) mass is 490 g/mol. The van der Waals surface area contributed by atoms with Crippen LogP contribution in [0.25, 0.3) is 6.08 Å². The molecule has 184 valence electrons. The first-order chi connectivity index (χ1) is 16.1. The van der Waals surface area contributed by atoms with Crippen LogP contribution in [0.1, 0.15) is 36.7 Å². The van der Waals surface area contributed by atoms with Gasteiger partial charge in [-0.2, -0.15) is 4.31 Å². The van der Waals surface area contributed by atoms with Crippen molar-refractivity contribution in [3.8, 4) is 5.75 Å². The third kappa shape index (κ3) is 5.48. The number of hydrogen-bond donors (Lipinski definition) is 1. The van der Waals surface area contributed by atoms with E-state index < -0.39 is 28.0 Å². The van der Waals surface area contributed by atoms with Crippen LogP contribution in [0.3, 0.4) is 0 Å². The van der Waals surface area contributed by atoms with Gasteiger partial charge in [-0.05, 0) is 49.7 Å². The maximum Gasteiger partial charge on any atom is 0.253 e. The van der Waals surface area contributed by atoms with Crippen LogP contribution in [0, 0.1) is 11.7 Å². The van der Waals surface area contributed by atoms with Gasteiger partial charge in [0.15, 0.2) is 0 Å². The third-order valence-corrected chi connectivity index (χ3v) is 7.94. The minimum Gasteiger partial charge on any atom is -0.487 e. The Bertz CT molecular complexity index is 1170. The molecule has 7 nitrogen and oxygen atoms in total. The molecule has 0 aliphatic carbocycles. The van der Waals surface area contributed by atoms with Gasteiger partial charge < -0.3 is 14.7 Å². The summed E-state index contributed by atoms with van der Waals surface area (Å²) in [6.45, 7) is 5.28. The highest BCUT2D eigenvalue weighted by atomic mass is 32.2. The topological polar surface area (TPSA) is 87.2 Å². The number of carbonyl (C=O) groups is 1. The van der Waals surface area contributed by atoms with Crippen molar-refractivity contribution >= 4 is 22.0 Å². The number of ether oxygens (including phenoxy) is 1. The number of allylic oxidation sites excluding steroid dienone is 1. The molecule has 1 amide bonds. The zero-order valence-electron chi connectivity index (χ0n) is 19.8. The van der Waals surface area contributed by atoms with Gasteiger partial charge >= 0.3 is 0 Å². The van der Waals surface area contributed by atoms with E-state index >= 15 is 0 Å². The average Bonchev–Trinajstić information content (AvgIpc) is 2.80. The van der Waals surface area contributed by atoms with Gasteiger partial charge in [-0.15, -0.1) is 0 Å². The van der Waals surface area contributed by atoms with Crippen molar-refractivity contribution in [1.82, 2.24) is 9.21 Å². The lowest BCUT2D eigenvalue weighted by molar-refractivity contribution is 0.0563. The molecule has 1 N–H and O–H groups in total. The fraction of sp³-hybridized carbons (Fsp3) is 0.400. The molecule has 0 unspecified atom stereocenters. The molecule has 0 aromatic heterocycles. The highest BCUT2D eigenvalue weighted by Gasteiger charge is 2.38. The number of nitrogens with zero attached hydrogens (tertiary/aromatic N) is 2. The minimum atomic E-state index is -3.93. The summed E-state index contributed by atoms with van der Waals surface area (Å²) in [5.74, 6) is -0.994. The fourth-order valence-corrected chi connectivity index (χ4v) is 5.78. The zero-order valence-corrected chi connectivity index (χ0v) is 20.6. The Hall–Kier alpha value is -2.75. The van der Waals surface area contributed by atoms with Crippen molar-refractivity contribution in [3.05, 3.63) is 65.5 Å². The maximum absolute atomic E-state index is 13.6. The summed E-state index contributed by atoms with van der Waals surface area (Å²) in [5.41, 5.74) is 0.990. The molecule has 2 aromatic rings. The summed E-state index contributed by atoms with van der Waals surface area (Å²) in [5, 5.41) is 9.73. The number of carbonyl (C=O) groups excluding carboxylic acids is 1. The van der Waals surface area contributed by atoms with Crippen LogP contribution in [0.15, 0.2) is 53.4 Å². The number of aliphatic hydroxyl groups excluding tert-OH is 1. The molecule has 0 fully saturated rings. The van der Waals surface area contributed by atoms with Crippen molar-refractivity contribution in [3.63, 3.8) is 0 Å². The van der Waals surface area contributed by atoms with Gasteiger partial charge in [0.2, 0.25) is 10.0 Å². The SMILES string of the molecule is C/C=C/c1ccc2c(c1)O[C@H](CN(C)C(=O)c1cccc(F)c1)[C@@H](C)CN([C@@H](C)CO)S2(=O)=O. The van der Waals surface area contributed by atoms with E-state index in [2.05, 4.69) is 0 Å². The lowest BCUT2D eigenvalue weighted by Crippen LogP contribution is -2.50. The number of benzene rings is 2. The second kappa shape index (κ2) is 10.7. The molecule has 0 radical (unpaired) electrons. The summed E-state index contributed by atoms with van der Waals surface area (Å²) in [4.78, 5) is 14.4. The van der Waals surface area contributed by atoms with E-state index in [1.807, 2.05) is 26.0 Å². The standard InChI is InChI=1S/C25H31FN2O5S/c1-5-7-19-10-11-24-22(12-19)33-23(17(2)14-28(18(3)16-29)34(24,31)32)15-27(4)25(30)20-8-6-9-21(26)13-20/h5-13,17-18,23,29H,14-16H2,1-4H3/b7-5+/t17-,18-,23+/m0/s1. The normalized spacial score (nSPS) is 21.2. The lowest BCUT2D eigenvalue weighted by Gasteiger charge is -2.37. The summed E-state index contributed by atoms with van der Waals surface area (Å²) in [7, 11) is -2.33. The molecule has 0 saturated heterocycles. The van der Waals surface area contributed by atoms with E-state index in [0.29, 0.717) is 0 Å². The third-order valence-electron chi connectivity index (χ3n) is 5.92. The first-order valence-corrected chi connectivity index (χ1v) is 12.6. The number of rotatable bonds is 6. The largest absolute Gasteiger partial charge is 0.487 e. The smallest absolute Gasteiger partial charge is 0.253 e. The molecule has 1 aliphatic rings. The molecule has 34 heavy (non-hydrogen) atoms. The molecule has 0 saturated carbocycles. The van der Waals surface area contributed by atoms with Gasteiger partial charge in [-0.3, -0.25) is 4.79 Å². The van der Waals surface area contributed by atoms with E-state index in [0.717, 1.165) is 5.56 Å². The van der Waals surface area contributed by atoms with Crippen LogP contribution < -0.4 is 4.74 Å². The second-order valence-corrected chi connectivity index (χ2v) is 10.5. The Morgan fingerprint density at radius 2 is 2.06 bits per heavy atom. The summed E-state index contributed by atoms with van der Waals surface area (Å²) in [6, 6.07) is 9.69. The molecule has 1 aliphatic heterocycles. The Balaban J connectivity index is 2.00. The highest BCUT2D eigenvalue weighted by molar-refractivity contribution is 7.89. The molecular weight excluding hydrogens is 459 g/mol. The Morgan fingerprint density at radius 3 is 2.71 bits per heavy atom. The van der Waals surface area contributed by atoms with Crippen molar-refractivity contribution in [1.29, 1.82) is 0 Å². The Morgan fingerprint density at radius 1 is 1.32 bits per heavy atom. The maximum atomic E-state index is 13.6. The van der Waals surface area contributed by atoms with Crippen molar-refractivity contribution in [2.45, 2.75) is 37.8 Å². The van der Waals surface area contributed by atoms with E-state index in [1.165, 1.54) is 33.5 Å². The van der Waals surface area contributed by atoms with Crippen molar-refractivity contribution in [2.24, 2.45) is 5.92 Å². The van der Waals surface area contributed by atoms with Crippen LogP contribution in [0.4, 0.5) is 4.39 Å². The number of hydrogen-bond acceptors (Lipinski definition) is 5. The van der Waals surface area contributed by atoms with E-state index in [9.17, 15) is 22.7 Å². The molecule has 3 atom stereocenters. The number of sulfonamides is 1. The van der Waals surface area contributed by atoms with Gasteiger partial charge in [0, 0.05) is 31.1 Å². The molecule has 9 heteroatoms. The Labute approximate surface area is 200 Å². The van der Waals surface area contributed by atoms with Crippen LogP contribution >= 0.6 is 0 Å². The number of halogens is 1. The Kier molecular flexibility index (Phi) is 8.12. The predicted octanol–water partition coefficient (Wildman–Crippen LogP) is 3.40. The number of amides is 1. The summed E-state index contributed by atoms with van der Waals surface area (Å²) < 4.78 is 48.1. The van der Waals surface area contributed by atoms with Crippen molar-refractivity contribution < 1.29 is 27.4 Å². The predicted molar refractivity (Wildman–Crippen MR) is 129 cm³/mol. The molecule has 2 aromatic carbocycles. The molecular formula is C25H31FN2O5S. The zero-order chi connectivity index (χ0) is 25.0. The van der Waals surface area contributed by atoms with E-state index in [-0.39, 0.29) is 47.7 Å². The van der Waals surface area contributed by atoms with Crippen LogP contribution in [-0.2, 0) is 10.0 Å². The number of aliphatic hydroxyl groups is 1. The highest BCUT2D eigenvalue weighted by Crippen LogP contribution is 2.34. The first kappa shape index (κ1) is 25.9. The van der Waals surface area contributed by atoms with Gasteiger partial charge in [0.25, 0.3) is 5.91 Å². The van der Waals surface area contributed by atoms with E-state index in [1.54, 1.807) is 32.2 Å². The van der Waals surface area contributed by atoms with Crippen LogP contribution in [-0.4, -0.2) is 67.5 Å². The van der Waals surface area contributed by atoms with E-state index in [4.69, 9.17) is 4.74 Å². The fourth-order valence-electron chi connectivity index (χ4n) is 3.95. The van der Waals surface area contributed by atoms with Gasteiger partial charge in [-0.1, -0.05) is 31.2 Å². The first-order valence-electron chi connectivity index (χ1n) is 11.2.